The summed E-state index contributed by atoms with van der Waals surface area (Å²) < 4.78 is 28.2. The minimum absolute atomic E-state index is 0.100. The molecule has 0 radical (unpaired) electrons. The number of hydrogen-bond acceptors (Lipinski definition) is 9. The summed E-state index contributed by atoms with van der Waals surface area (Å²) in [6.07, 6.45) is 3.03. The van der Waals surface area contributed by atoms with Crippen LogP contribution in [0.4, 0.5) is 15.0 Å². The fraction of sp³-hybridized carbons (Fsp3) is 0.538. The van der Waals surface area contributed by atoms with Gasteiger partial charge in [-0.2, -0.15) is 0 Å². The molecule has 1 aromatic carbocycles. The molecule has 2 saturated heterocycles. The maximum atomic E-state index is 15.8. The van der Waals surface area contributed by atoms with E-state index in [0.717, 1.165) is 6.42 Å². The Bertz CT molecular complexity index is 1420. The van der Waals surface area contributed by atoms with Crippen molar-refractivity contribution in [3.05, 3.63) is 35.0 Å². The molecule has 38 heavy (non-hydrogen) atoms. The Kier molecular flexibility index (Phi) is 6.44. The maximum Gasteiger partial charge on any atom is 0.410 e. The Morgan fingerprint density at radius 2 is 1.95 bits per heavy atom. The smallest absolute Gasteiger partial charge is 0.410 e. The van der Waals surface area contributed by atoms with Crippen LogP contribution in [0, 0.1) is 0 Å². The van der Waals surface area contributed by atoms with Gasteiger partial charge in [0.05, 0.1) is 48.2 Å². The number of hydrogen-bond donors (Lipinski definition) is 0. The van der Waals surface area contributed by atoms with Crippen molar-refractivity contribution in [2.45, 2.75) is 69.9 Å². The lowest BCUT2D eigenvalue weighted by Gasteiger charge is -2.44. The number of fused-ring (bicyclic) bond motifs is 3. The summed E-state index contributed by atoms with van der Waals surface area (Å²) in [4.78, 5) is 37.4. The zero-order chi connectivity index (χ0) is 27.4. The molecular formula is C26H32FN7O4. The first-order chi connectivity index (χ1) is 18.0. The molecule has 202 valence electrons. The van der Waals surface area contributed by atoms with Gasteiger partial charge in [0.25, 0.3) is 5.56 Å². The molecule has 2 aromatic heterocycles. The molecule has 0 aliphatic carbocycles. The molecule has 0 saturated carbocycles. The van der Waals surface area contributed by atoms with Gasteiger partial charge in [-0.3, -0.25) is 9.69 Å². The average molecular weight is 526 g/mol. The molecule has 1 amide bonds. The quantitative estimate of drug-likeness (QED) is 0.507. The van der Waals surface area contributed by atoms with E-state index in [9.17, 15) is 9.59 Å². The first kappa shape index (κ1) is 25.8. The van der Waals surface area contributed by atoms with E-state index in [1.54, 1.807) is 56.8 Å². The average Bonchev–Trinajstić information content (AvgIpc) is 3.23. The summed E-state index contributed by atoms with van der Waals surface area (Å²) in [5.74, 6) is 1.12. The highest BCUT2D eigenvalue weighted by atomic mass is 19.1. The van der Waals surface area contributed by atoms with E-state index < -0.39 is 29.9 Å². The zero-order valence-corrected chi connectivity index (χ0v) is 22.4. The van der Waals surface area contributed by atoms with E-state index >= 15 is 4.39 Å². The molecule has 3 aromatic rings. The summed E-state index contributed by atoms with van der Waals surface area (Å²) >= 11 is 0. The van der Waals surface area contributed by atoms with Crippen LogP contribution >= 0.6 is 0 Å². The number of ether oxygens (including phenoxy) is 2. The number of benzene rings is 1. The summed E-state index contributed by atoms with van der Waals surface area (Å²) in [5, 5.41) is 9.02. The lowest BCUT2D eigenvalue weighted by Crippen LogP contribution is -2.59. The Morgan fingerprint density at radius 1 is 1.18 bits per heavy atom. The van der Waals surface area contributed by atoms with E-state index in [1.165, 1.54) is 24.2 Å². The monoisotopic (exact) mass is 525 g/mol. The fourth-order valence-electron chi connectivity index (χ4n) is 5.40. The van der Waals surface area contributed by atoms with Gasteiger partial charge in [-0.1, -0.05) is 0 Å². The van der Waals surface area contributed by atoms with Crippen LogP contribution in [-0.4, -0.2) is 79.8 Å². The van der Waals surface area contributed by atoms with Crippen molar-refractivity contribution in [1.82, 2.24) is 29.6 Å². The molecule has 4 atom stereocenters. The molecule has 2 bridgehead atoms. The highest BCUT2D eigenvalue weighted by Gasteiger charge is 2.52. The van der Waals surface area contributed by atoms with Crippen molar-refractivity contribution in [3.8, 4) is 17.1 Å². The van der Waals surface area contributed by atoms with Gasteiger partial charge in [-0.05, 0) is 52.2 Å². The lowest BCUT2D eigenvalue weighted by atomic mass is 9.94. The molecule has 5 rings (SSSR count). The highest BCUT2D eigenvalue weighted by molar-refractivity contribution is 5.86. The number of anilines is 1. The fourth-order valence-corrected chi connectivity index (χ4v) is 5.40. The van der Waals surface area contributed by atoms with Gasteiger partial charge in [0, 0.05) is 20.1 Å². The molecule has 11 nitrogen and oxygen atoms in total. The zero-order valence-electron chi connectivity index (χ0n) is 22.4. The first-order valence-electron chi connectivity index (χ1n) is 12.6. The van der Waals surface area contributed by atoms with Crippen molar-refractivity contribution in [2.75, 3.05) is 19.1 Å². The Labute approximate surface area is 219 Å². The van der Waals surface area contributed by atoms with Crippen LogP contribution in [0.25, 0.3) is 22.3 Å². The number of rotatable bonds is 4. The highest BCUT2D eigenvalue weighted by Crippen LogP contribution is 2.40. The third-order valence-electron chi connectivity index (χ3n) is 7.29. The van der Waals surface area contributed by atoms with Crippen molar-refractivity contribution in [1.29, 1.82) is 0 Å². The summed E-state index contributed by atoms with van der Waals surface area (Å²) in [7, 11) is 4.90. The van der Waals surface area contributed by atoms with Gasteiger partial charge >= 0.3 is 6.09 Å². The second-order valence-electron chi connectivity index (χ2n) is 10.9. The van der Waals surface area contributed by atoms with Crippen LogP contribution in [-0.2, 0) is 11.8 Å². The number of nitrogens with zero attached hydrogens (tertiary/aromatic N) is 7. The van der Waals surface area contributed by atoms with Crippen molar-refractivity contribution >= 4 is 22.8 Å². The molecular weight excluding hydrogens is 493 g/mol. The molecule has 4 heterocycles. The minimum Gasteiger partial charge on any atom is -0.496 e. The predicted molar refractivity (Wildman–Crippen MR) is 139 cm³/mol. The van der Waals surface area contributed by atoms with Crippen LogP contribution in [0.2, 0.25) is 0 Å². The van der Waals surface area contributed by atoms with Crippen molar-refractivity contribution < 1.29 is 18.7 Å². The topological polar surface area (TPSA) is 116 Å². The van der Waals surface area contributed by atoms with Crippen LogP contribution < -0.4 is 15.2 Å². The summed E-state index contributed by atoms with van der Waals surface area (Å²) in [6, 6.07) is 2.18. The van der Waals surface area contributed by atoms with E-state index in [4.69, 9.17) is 9.47 Å². The Morgan fingerprint density at radius 3 is 2.61 bits per heavy atom. The second-order valence-corrected chi connectivity index (χ2v) is 10.9. The van der Waals surface area contributed by atoms with E-state index in [1.807, 2.05) is 0 Å². The van der Waals surface area contributed by atoms with Crippen LogP contribution in [0.5, 0.6) is 5.75 Å². The third-order valence-corrected chi connectivity index (χ3v) is 7.29. The minimum atomic E-state index is -1.28. The number of piperidine rings is 1. The number of halogens is 1. The maximum absolute atomic E-state index is 15.8. The molecule has 2 aliphatic rings. The Balaban J connectivity index is 1.37. The predicted octanol–water partition coefficient (Wildman–Crippen LogP) is 3.11. The number of aryl methyl sites for hydroxylation is 1. The standard InChI is InChI=1S/C26H32FN7O4/c1-26(2,3)38-25(36)34-14-7-8-18(34)22(27)19(9-14)33(5)21-12-28-23(31-30-21)16-10-17-15(11-20(16)37-6)24(35)32(4)13-29-17/h10-14,18-19,22H,7-9H2,1-6H3/t14-,18+,19-,22+/m0/s1. The number of alkyl halides is 1. The second kappa shape index (κ2) is 9.48. The number of amides is 1. The molecule has 2 fully saturated rings. The van der Waals surface area contributed by atoms with Crippen LogP contribution in [0.3, 0.4) is 0 Å². The van der Waals surface area contributed by atoms with Crippen molar-refractivity contribution in [3.63, 3.8) is 0 Å². The molecule has 0 N–H and O–H groups in total. The summed E-state index contributed by atoms with van der Waals surface area (Å²) in [6.45, 7) is 5.42. The summed E-state index contributed by atoms with van der Waals surface area (Å²) in [5.41, 5.74) is 0.192. The third kappa shape index (κ3) is 4.52. The number of carbonyl (C=O) groups is 1. The largest absolute Gasteiger partial charge is 0.496 e. The Hall–Kier alpha value is -3.83. The van der Waals surface area contributed by atoms with E-state index in [0.29, 0.717) is 46.7 Å². The van der Waals surface area contributed by atoms with Crippen LogP contribution in [0.15, 0.2) is 29.5 Å². The van der Waals surface area contributed by atoms with Gasteiger partial charge < -0.3 is 18.9 Å². The molecule has 12 heteroatoms. The van der Waals surface area contributed by atoms with Crippen LogP contribution in [0.1, 0.15) is 40.0 Å². The SMILES string of the molecule is COc1cc2c(=O)n(C)cnc2cc1-c1ncc(N(C)[C@H]2C[C@@H]3CC[C@H]([C@H]2F)N3C(=O)OC(C)(C)C)nn1. The van der Waals surface area contributed by atoms with E-state index in [-0.39, 0.29) is 11.6 Å². The van der Waals surface area contributed by atoms with Gasteiger partial charge in [0.2, 0.25) is 0 Å². The number of aromatic nitrogens is 5. The van der Waals surface area contributed by atoms with Crippen molar-refractivity contribution in [2.24, 2.45) is 7.05 Å². The van der Waals surface area contributed by atoms with Gasteiger partial charge in [0.15, 0.2) is 11.6 Å². The van der Waals surface area contributed by atoms with Gasteiger partial charge in [-0.25, -0.2) is 19.2 Å². The van der Waals surface area contributed by atoms with E-state index in [2.05, 4.69) is 20.2 Å². The molecule has 0 unspecified atom stereocenters. The number of carbonyl (C=O) groups excluding carboxylic acids is 1. The molecule has 2 aliphatic heterocycles. The van der Waals surface area contributed by atoms with Gasteiger partial charge in [0.1, 0.15) is 17.5 Å². The lowest BCUT2D eigenvalue weighted by molar-refractivity contribution is -0.0104. The number of methoxy groups -OCH3 is 1. The van der Waals surface area contributed by atoms with Gasteiger partial charge in [-0.15, -0.1) is 10.2 Å². The normalized spacial score (nSPS) is 23.0. The first-order valence-corrected chi connectivity index (χ1v) is 12.6. The molecule has 0 spiro atoms.